The SMILES string of the molecule is CC=CC=CC(=O)[O-].O=C([O-])C(=O)[O-].O=C([O-])c1ccccc1.[K+].[K+].[K+].[Na+]. The molecule has 0 unspecified atom stereocenters. The Morgan fingerprint density at radius 2 is 1.19 bits per heavy atom. The molecule has 0 radical (unpaired) electrons. The molecule has 0 atom stereocenters. The van der Waals surface area contributed by atoms with Gasteiger partial charge in [0.15, 0.2) is 0 Å². The zero-order chi connectivity index (χ0) is 18.3. The topological polar surface area (TPSA) is 161 Å². The van der Waals surface area contributed by atoms with Gasteiger partial charge in [-0.1, -0.05) is 48.6 Å². The Morgan fingerprint density at radius 1 is 0.778 bits per heavy atom. The van der Waals surface area contributed by atoms with Crippen molar-refractivity contribution in [3.05, 3.63) is 60.2 Å². The summed E-state index contributed by atoms with van der Waals surface area (Å²) in [7, 11) is 0. The van der Waals surface area contributed by atoms with E-state index in [1.165, 1.54) is 18.2 Å². The average molecular weight is 461 g/mol. The van der Waals surface area contributed by atoms with Gasteiger partial charge in [0, 0.05) is 0 Å². The van der Waals surface area contributed by atoms with Gasteiger partial charge in [-0.2, -0.15) is 0 Å². The van der Waals surface area contributed by atoms with E-state index in [2.05, 4.69) is 0 Å². The van der Waals surface area contributed by atoms with Crippen molar-refractivity contribution in [3.8, 4) is 0 Å². The van der Waals surface area contributed by atoms with E-state index < -0.39 is 23.9 Å². The number of carbonyl (C=O) groups is 4. The number of carboxylic acid groups (broad SMARTS) is 4. The first-order valence-electron chi connectivity index (χ1n) is 5.91. The minimum absolute atomic E-state index is 0. The summed E-state index contributed by atoms with van der Waals surface area (Å²) in [6, 6.07) is 8.06. The minimum atomic E-state index is -2.19. The molecule has 0 spiro atoms. The summed E-state index contributed by atoms with van der Waals surface area (Å²) in [6.45, 7) is 1.81. The molecule has 0 aliphatic carbocycles. The first-order valence-corrected chi connectivity index (χ1v) is 5.91. The van der Waals surface area contributed by atoms with Gasteiger partial charge < -0.3 is 39.6 Å². The molecular formula is C15H12K3NaO8. The molecule has 12 heteroatoms. The maximum Gasteiger partial charge on any atom is 1.00 e. The van der Waals surface area contributed by atoms with Crippen LogP contribution in [0.1, 0.15) is 17.3 Å². The van der Waals surface area contributed by atoms with Crippen molar-refractivity contribution in [2.24, 2.45) is 0 Å². The Balaban J connectivity index is -0.0000000581. The molecule has 0 saturated carbocycles. The van der Waals surface area contributed by atoms with Crippen LogP contribution in [0, 0.1) is 0 Å². The van der Waals surface area contributed by atoms with E-state index >= 15 is 0 Å². The summed E-state index contributed by atoms with van der Waals surface area (Å²) in [5.74, 6) is -6.66. The molecule has 8 nitrogen and oxygen atoms in total. The number of hydrogen-bond acceptors (Lipinski definition) is 8. The Morgan fingerprint density at radius 3 is 1.41 bits per heavy atom. The van der Waals surface area contributed by atoms with Gasteiger partial charge in [0.1, 0.15) is 0 Å². The normalized spacial score (nSPS) is 7.89. The predicted molar refractivity (Wildman–Crippen MR) is 69.7 cm³/mol. The van der Waals surface area contributed by atoms with Gasteiger partial charge in [-0.15, -0.1) is 0 Å². The van der Waals surface area contributed by atoms with Crippen LogP contribution >= 0.6 is 0 Å². The van der Waals surface area contributed by atoms with Crippen LogP contribution in [0.4, 0.5) is 0 Å². The molecule has 0 bridgehead atoms. The second kappa shape index (κ2) is 30.7. The summed E-state index contributed by atoms with van der Waals surface area (Å²) in [5.41, 5.74) is 0.220. The van der Waals surface area contributed by atoms with Crippen molar-refractivity contribution in [1.82, 2.24) is 0 Å². The maximum atomic E-state index is 10.1. The van der Waals surface area contributed by atoms with Crippen molar-refractivity contribution < 1.29 is 223 Å². The molecular weight excluding hydrogens is 448 g/mol. The number of benzene rings is 1. The van der Waals surface area contributed by atoms with E-state index in [-0.39, 0.29) is 189 Å². The van der Waals surface area contributed by atoms with Gasteiger partial charge in [0.05, 0.1) is 23.9 Å². The Bertz CT molecular complexity index is 580. The summed E-state index contributed by atoms with van der Waals surface area (Å²) in [5, 5.41) is 37.6. The third kappa shape index (κ3) is 36.2. The number of carbonyl (C=O) groups excluding carboxylic acids is 4. The van der Waals surface area contributed by atoms with E-state index in [4.69, 9.17) is 19.8 Å². The first kappa shape index (κ1) is 43.4. The van der Waals surface area contributed by atoms with Crippen molar-refractivity contribution in [2.45, 2.75) is 6.92 Å². The van der Waals surface area contributed by atoms with Crippen molar-refractivity contribution >= 4 is 23.9 Å². The van der Waals surface area contributed by atoms with Crippen LogP contribution < -0.4 is 204 Å². The number of hydrogen-bond donors (Lipinski definition) is 0. The fourth-order valence-corrected chi connectivity index (χ4v) is 0.819. The molecule has 1 aromatic carbocycles. The molecule has 0 saturated heterocycles. The van der Waals surface area contributed by atoms with E-state index in [1.54, 1.807) is 37.3 Å². The zero-order valence-electron chi connectivity index (χ0n) is 16.0. The third-order valence-corrected chi connectivity index (χ3v) is 1.71. The molecule has 0 aliphatic rings. The molecule has 0 aliphatic heterocycles. The summed E-state index contributed by atoms with van der Waals surface area (Å²) in [4.78, 5) is 37.6. The van der Waals surface area contributed by atoms with Crippen molar-refractivity contribution in [3.63, 3.8) is 0 Å². The van der Waals surface area contributed by atoms with Gasteiger partial charge in [0.25, 0.3) is 0 Å². The zero-order valence-corrected chi connectivity index (χ0v) is 27.3. The van der Waals surface area contributed by atoms with Crippen LogP contribution in [0.25, 0.3) is 0 Å². The van der Waals surface area contributed by atoms with Crippen LogP contribution in [-0.2, 0) is 14.4 Å². The molecule has 124 valence electrons. The Kier molecular flexibility index (Phi) is 49.3. The van der Waals surface area contributed by atoms with Crippen LogP contribution in [0.2, 0.25) is 0 Å². The second-order valence-corrected chi connectivity index (χ2v) is 3.43. The minimum Gasteiger partial charge on any atom is -0.545 e. The quantitative estimate of drug-likeness (QED) is 0.186. The van der Waals surface area contributed by atoms with Crippen LogP contribution in [-0.4, -0.2) is 23.9 Å². The summed E-state index contributed by atoms with van der Waals surface area (Å²) < 4.78 is 0. The predicted octanol–water partition coefficient (Wildman–Crippen LogP) is -15.6. The molecule has 1 rings (SSSR count). The Hall–Kier alpha value is 2.49. The molecule has 0 fully saturated rings. The standard InChI is InChI=1S/C7H6O2.C6H8O2.C2H2O4.3K.Na/c8-7(9)6-4-2-1-3-5-6;1-2-3-4-5-6(7)8;3-1(4)2(5)6;;;;/h1-5H,(H,8,9);2-5H,1H3,(H,7,8);(H,3,4)(H,5,6);;;;/q;;;4*+1/p-4. The van der Waals surface area contributed by atoms with Crippen molar-refractivity contribution in [2.75, 3.05) is 0 Å². The van der Waals surface area contributed by atoms with Gasteiger partial charge in [0.2, 0.25) is 0 Å². The first-order chi connectivity index (χ1) is 10.7. The molecule has 0 heterocycles. The molecule has 0 aromatic heterocycles. The van der Waals surface area contributed by atoms with Crippen LogP contribution in [0.3, 0.4) is 0 Å². The van der Waals surface area contributed by atoms with Gasteiger partial charge in [-0.05, 0) is 18.6 Å². The monoisotopic (exact) mass is 460 g/mol. The number of rotatable bonds is 3. The van der Waals surface area contributed by atoms with E-state index in [9.17, 15) is 19.8 Å². The van der Waals surface area contributed by atoms with Crippen LogP contribution in [0.15, 0.2) is 54.6 Å². The molecule has 0 amide bonds. The number of carboxylic acids is 4. The largest absolute Gasteiger partial charge is 1.00 e. The molecule has 1 aromatic rings. The van der Waals surface area contributed by atoms with Gasteiger partial charge >= 0.3 is 184 Å². The van der Waals surface area contributed by atoms with Crippen molar-refractivity contribution in [1.29, 1.82) is 0 Å². The maximum absolute atomic E-state index is 10.1. The molecule has 0 N–H and O–H groups in total. The van der Waals surface area contributed by atoms with Crippen LogP contribution in [0.5, 0.6) is 0 Å². The van der Waals surface area contributed by atoms with Gasteiger partial charge in [-0.25, -0.2) is 0 Å². The van der Waals surface area contributed by atoms with Gasteiger partial charge in [-0.3, -0.25) is 0 Å². The average Bonchev–Trinajstić information content (AvgIpc) is 2.49. The van der Waals surface area contributed by atoms with E-state index in [1.807, 2.05) is 0 Å². The Labute approximate surface area is 306 Å². The fourth-order valence-electron chi connectivity index (χ4n) is 0.819. The second-order valence-electron chi connectivity index (χ2n) is 3.43. The summed E-state index contributed by atoms with van der Waals surface area (Å²) >= 11 is 0. The van der Waals surface area contributed by atoms with E-state index in [0.717, 1.165) is 6.08 Å². The molecule has 27 heavy (non-hydrogen) atoms. The fraction of sp³-hybridized carbons (Fsp3) is 0.0667. The number of aromatic carboxylic acids is 1. The third-order valence-electron chi connectivity index (χ3n) is 1.71. The van der Waals surface area contributed by atoms with E-state index in [0.29, 0.717) is 0 Å². The number of aliphatic carboxylic acids is 3. The number of allylic oxidation sites excluding steroid dienone is 3. The summed E-state index contributed by atoms with van der Waals surface area (Å²) in [6.07, 6.45) is 5.74. The smallest absolute Gasteiger partial charge is 0.545 e.